The van der Waals surface area contributed by atoms with Crippen LogP contribution < -0.4 is 15.2 Å². The van der Waals surface area contributed by atoms with Gasteiger partial charge in [0.15, 0.2) is 0 Å². The van der Waals surface area contributed by atoms with Gasteiger partial charge in [-0.15, -0.1) is 0 Å². The number of nitrogen functional groups attached to an aromatic ring is 1. The summed E-state index contributed by atoms with van der Waals surface area (Å²) in [5.41, 5.74) is 7.35. The highest BCUT2D eigenvalue weighted by molar-refractivity contribution is 6.10. The Hall–Kier alpha value is -4.02. The fraction of sp³-hybridized carbons (Fsp3) is 0.227. The highest BCUT2D eigenvalue weighted by Crippen LogP contribution is 2.39. The molecule has 0 bridgehead atoms. The van der Waals surface area contributed by atoms with Gasteiger partial charge in [-0.1, -0.05) is 0 Å². The molecular weight excluding hydrogens is 439 g/mol. The first-order chi connectivity index (χ1) is 15.7. The van der Waals surface area contributed by atoms with Crippen LogP contribution in [-0.2, 0) is 7.05 Å². The summed E-state index contributed by atoms with van der Waals surface area (Å²) < 4.78 is 51.4. The maximum atomic E-state index is 15.0. The number of rotatable bonds is 4. The van der Waals surface area contributed by atoms with Crippen molar-refractivity contribution in [2.24, 2.45) is 7.05 Å². The molecule has 5 rings (SSSR count). The molecule has 0 saturated heterocycles. The molecule has 0 radical (unpaired) electrons. The van der Waals surface area contributed by atoms with E-state index in [9.17, 15) is 18.0 Å². The van der Waals surface area contributed by atoms with Crippen molar-refractivity contribution < 1.29 is 27.4 Å². The van der Waals surface area contributed by atoms with Crippen molar-refractivity contribution in [1.82, 2.24) is 19.7 Å². The van der Waals surface area contributed by atoms with E-state index < -0.39 is 24.4 Å². The molecule has 0 fully saturated rings. The predicted molar refractivity (Wildman–Crippen MR) is 114 cm³/mol. The fourth-order valence-corrected chi connectivity index (χ4v) is 4.16. The van der Waals surface area contributed by atoms with Crippen molar-refractivity contribution >= 4 is 33.5 Å². The number of hydrogen-bond acceptors (Lipinski definition) is 6. The molecule has 0 unspecified atom stereocenters. The van der Waals surface area contributed by atoms with Crippen LogP contribution in [0.1, 0.15) is 22.0 Å². The lowest BCUT2D eigenvalue weighted by atomic mass is 10.0. The summed E-state index contributed by atoms with van der Waals surface area (Å²) in [5, 5.41) is 5.38. The molecule has 0 spiro atoms. The molecule has 1 amide bonds. The lowest BCUT2D eigenvalue weighted by Gasteiger charge is -2.24. The van der Waals surface area contributed by atoms with Gasteiger partial charge in [-0.2, -0.15) is 13.9 Å². The third-order valence-electron chi connectivity index (χ3n) is 5.78. The summed E-state index contributed by atoms with van der Waals surface area (Å²) in [4.78, 5) is 18.9. The van der Waals surface area contributed by atoms with Crippen molar-refractivity contribution in [3.05, 3.63) is 53.5 Å². The number of alkyl halides is 2. The molecule has 33 heavy (non-hydrogen) atoms. The van der Waals surface area contributed by atoms with Gasteiger partial charge in [0.1, 0.15) is 35.3 Å². The third-order valence-corrected chi connectivity index (χ3v) is 5.78. The molecule has 4 aromatic rings. The number of benzene rings is 2. The van der Waals surface area contributed by atoms with E-state index in [2.05, 4.69) is 14.8 Å². The van der Waals surface area contributed by atoms with E-state index in [0.29, 0.717) is 33.1 Å². The van der Waals surface area contributed by atoms with Crippen LogP contribution in [0.2, 0.25) is 0 Å². The minimum Gasteiger partial charge on any atom is -0.491 e. The van der Waals surface area contributed by atoms with Crippen molar-refractivity contribution in [1.29, 1.82) is 0 Å². The second-order valence-electron chi connectivity index (χ2n) is 7.70. The number of carbonyl (C=O) groups excluding carboxylic acids is 1. The Balaban J connectivity index is 1.51. The Morgan fingerprint density at radius 2 is 2.09 bits per heavy atom. The van der Waals surface area contributed by atoms with Crippen LogP contribution in [0.5, 0.6) is 11.5 Å². The summed E-state index contributed by atoms with van der Waals surface area (Å²) in [7, 11) is 3.24. The zero-order chi connectivity index (χ0) is 23.4. The number of fused-ring (bicyclic) bond motifs is 4. The van der Waals surface area contributed by atoms with Gasteiger partial charge in [-0.3, -0.25) is 9.48 Å². The molecule has 0 saturated carbocycles. The fourth-order valence-electron chi connectivity index (χ4n) is 4.16. The predicted octanol–water partition coefficient (Wildman–Crippen LogP) is 3.65. The number of aryl methyl sites for hydroxylation is 1. The second-order valence-corrected chi connectivity index (χ2v) is 7.70. The van der Waals surface area contributed by atoms with Crippen molar-refractivity contribution in [2.75, 3.05) is 19.4 Å². The standard InChI is InChI=1S/C22H18F3N5O3/c1-29(17-9-32-18-5-10(33-22(24)25)3-4-11(17)18)21(31)13-6-12-14-8-27-30(2)19(14)20(26)28-16(12)7-15(13)23/h3-8,17,22H,9H2,1-2H3,(H2,26,28)/t17-/m1/s1. The van der Waals surface area contributed by atoms with Gasteiger partial charge in [-0.05, 0) is 18.2 Å². The average Bonchev–Trinajstić information content (AvgIpc) is 3.36. The molecule has 0 aliphatic carbocycles. The van der Waals surface area contributed by atoms with Crippen molar-refractivity contribution in [3.8, 4) is 11.5 Å². The first-order valence-electron chi connectivity index (χ1n) is 9.93. The van der Waals surface area contributed by atoms with Gasteiger partial charge >= 0.3 is 6.61 Å². The molecule has 1 atom stereocenters. The number of carbonyl (C=O) groups is 1. The molecule has 170 valence electrons. The van der Waals surface area contributed by atoms with Gasteiger partial charge in [0.25, 0.3) is 5.91 Å². The summed E-state index contributed by atoms with van der Waals surface area (Å²) >= 11 is 0. The van der Waals surface area contributed by atoms with Crippen LogP contribution in [0.15, 0.2) is 36.5 Å². The molecule has 1 aliphatic heterocycles. The van der Waals surface area contributed by atoms with Gasteiger partial charge < -0.3 is 20.1 Å². The lowest BCUT2D eigenvalue weighted by molar-refractivity contribution is -0.0499. The van der Waals surface area contributed by atoms with Crippen LogP contribution >= 0.6 is 0 Å². The Morgan fingerprint density at radius 1 is 1.30 bits per heavy atom. The quantitative estimate of drug-likeness (QED) is 0.503. The number of hydrogen-bond donors (Lipinski definition) is 1. The van der Waals surface area contributed by atoms with E-state index in [4.69, 9.17) is 10.5 Å². The van der Waals surface area contributed by atoms with Gasteiger partial charge in [-0.25, -0.2) is 9.37 Å². The number of anilines is 1. The molecule has 8 nitrogen and oxygen atoms in total. The second kappa shape index (κ2) is 7.54. The number of likely N-dealkylation sites (N-methyl/N-ethyl adjacent to an activating group) is 1. The largest absolute Gasteiger partial charge is 0.491 e. The first-order valence-corrected chi connectivity index (χ1v) is 9.93. The van der Waals surface area contributed by atoms with Crippen LogP contribution in [0.25, 0.3) is 21.8 Å². The minimum atomic E-state index is -2.96. The topological polar surface area (TPSA) is 95.5 Å². The highest BCUT2D eigenvalue weighted by Gasteiger charge is 2.32. The van der Waals surface area contributed by atoms with Crippen LogP contribution in [0.4, 0.5) is 19.0 Å². The Morgan fingerprint density at radius 3 is 2.85 bits per heavy atom. The summed E-state index contributed by atoms with van der Waals surface area (Å²) in [6, 6.07) is 6.34. The van der Waals surface area contributed by atoms with Gasteiger partial charge in [0.05, 0.1) is 23.3 Å². The number of nitrogens with zero attached hydrogens (tertiary/aromatic N) is 4. The molecule has 11 heteroatoms. The normalized spacial score (nSPS) is 15.2. The summed E-state index contributed by atoms with van der Waals surface area (Å²) in [5.74, 6) is -0.824. The van der Waals surface area contributed by atoms with Crippen molar-refractivity contribution in [2.45, 2.75) is 12.7 Å². The number of nitrogens with two attached hydrogens (primary N) is 1. The van der Waals surface area contributed by atoms with Crippen LogP contribution in [-0.4, -0.2) is 45.8 Å². The molecule has 2 N–H and O–H groups in total. The van der Waals surface area contributed by atoms with Crippen molar-refractivity contribution in [3.63, 3.8) is 0 Å². The molecular formula is C22H18F3N5O3. The number of pyridine rings is 1. The molecule has 2 aromatic carbocycles. The van der Waals surface area contributed by atoms with Gasteiger partial charge in [0.2, 0.25) is 0 Å². The Labute approximate surface area is 185 Å². The molecule has 1 aliphatic rings. The Bertz CT molecular complexity index is 1420. The van der Waals surface area contributed by atoms with E-state index in [1.807, 2.05) is 0 Å². The molecule has 3 heterocycles. The average molecular weight is 457 g/mol. The van der Waals surface area contributed by atoms with Crippen LogP contribution in [0, 0.1) is 5.82 Å². The summed E-state index contributed by atoms with van der Waals surface area (Å²) in [6.45, 7) is -2.87. The smallest absolute Gasteiger partial charge is 0.387 e. The minimum absolute atomic E-state index is 0.0498. The number of amides is 1. The van der Waals surface area contributed by atoms with E-state index in [1.54, 1.807) is 24.0 Å². The lowest BCUT2D eigenvalue weighted by Crippen LogP contribution is -2.32. The van der Waals surface area contributed by atoms with E-state index >= 15 is 0 Å². The number of halogens is 3. The maximum Gasteiger partial charge on any atom is 0.387 e. The van der Waals surface area contributed by atoms with E-state index in [-0.39, 0.29) is 23.7 Å². The monoisotopic (exact) mass is 457 g/mol. The zero-order valence-electron chi connectivity index (χ0n) is 17.6. The summed E-state index contributed by atoms with van der Waals surface area (Å²) in [6.07, 6.45) is 1.59. The number of ether oxygens (including phenoxy) is 2. The maximum absolute atomic E-state index is 15.0. The number of aromatic nitrogens is 3. The molecule has 2 aromatic heterocycles. The third kappa shape index (κ3) is 3.36. The highest BCUT2D eigenvalue weighted by atomic mass is 19.3. The Kier molecular flexibility index (Phi) is 4.76. The van der Waals surface area contributed by atoms with E-state index in [1.165, 1.54) is 36.2 Å². The SMILES string of the molecule is CN(C(=O)c1cc2c(cc1F)nc(N)c1c2cnn1C)[C@@H]1COc2cc(OC(F)F)ccc21. The van der Waals surface area contributed by atoms with E-state index in [0.717, 1.165) is 0 Å². The first kappa shape index (κ1) is 20.9. The zero-order valence-corrected chi connectivity index (χ0v) is 17.6. The van der Waals surface area contributed by atoms with Gasteiger partial charge in [0, 0.05) is 42.6 Å². The van der Waals surface area contributed by atoms with Crippen LogP contribution in [0.3, 0.4) is 0 Å².